The lowest BCUT2D eigenvalue weighted by molar-refractivity contribution is -0.161. The van der Waals surface area contributed by atoms with Crippen LogP contribution in [0.4, 0.5) is 0 Å². The molecule has 0 saturated carbocycles. The molecule has 1 unspecified atom stereocenters. The summed E-state index contributed by atoms with van der Waals surface area (Å²) in [6, 6.07) is 20.7. The minimum absolute atomic E-state index is 0.0506. The molecule has 0 aliphatic carbocycles. The molecule has 6 heteroatoms. The van der Waals surface area contributed by atoms with Crippen LogP contribution < -0.4 is 14.9 Å². The van der Waals surface area contributed by atoms with Crippen LogP contribution in [0.2, 0.25) is 0 Å². The molecule has 3 aliphatic rings. The van der Waals surface area contributed by atoms with E-state index in [1.54, 1.807) is 13.4 Å². The van der Waals surface area contributed by atoms with Crippen molar-refractivity contribution in [3.8, 4) is 11.5 Å². The van der Waals surface area contributed by atoms with E-state index in [0.717, 1.165) is 61.0 Å². The van der Waals surface area contributed by atoms with E-state index in [0.29, 0.717) is 0 Å². The van der Waals surface area contributed by atoms with Crippen molar-refractivity contribution in [2.75, 3.05) is 20.2 Å². The number of likely N-dealkylation sites (tertiary alicyclic amines) is 1. The van der Waals surface area contributed by atoms with Crippen molar-refractivity contribution in [3.63, 3.8) is 0 Å². The van der Waals surface area contributed by atoms with Crippen molar-refractivity contribution in [2.45, 2.75) is 31.2 Å². The Morgan fingerprint density at radius 2 is 1.88 bits per heavy atom. The molecule has 0 bridgehead atoms. The van der Waals surface area contributed by atoms with E-state index in [4.69, 9.17) is 13.9 Å². The summed E-state index contributed by atoms with van der Waals surface area (Å²) in [6.07, 6.45) is 5.72. The molecular formula is C26H27N3O3. The second-order valence-corrected chi connectivity index (χ2v) is 8.67. The zero-order valence-corrected chi connectivity index (χ0v) is 18.2. The molecule has 2 aromatic carbocycles. The molecule has 32 heavy (non-hydrogen) atoms. The van der Waals surface area contributed by atoms with E-state index >= 15 is 0 Å². The summed E-state index contributed by atoms with van der Waals surface area (Å²) >= 11 is 0. The van der Waals surface area contributed by atoms with Crippen LogP contribution in [0.15, 0.2) is 77.4 Å². The van der Waals surface area contributed by atoms with Gasteiger partial charge in [-0.25, -0.2) is 0 Å². The van der Waals surface area contributed by atoms with Crippen LogP contribution in [0.25, 0.3) is 5.70 Å². The van der Waals surface area contributed by atoms with Gasteiger partial charge in [-0.15, -0.1) is 0 Å². The smallest absolute Gasteiger partial charge is 0.183 e. The number of hydrazine groups is 1. The minimum atomic E-state index is -0.454. The lowest BCUT2D eigenvalue weighted by Crippen LogP contribution is -2.63. The molecule has 6 nitrogen and oxygen atoms in total. The van der Waals surface area contributed by atoms with E-state index in [1.807, 2.05) is 24.3 Å². The number of nitrogens with one attached hydrogen (secondary N) is 1. The summed E-state index contributed by atoms with van der Waals surface area (Å²) in [5.74, 6) is 2.47. The minimum Gasteiger partial charge on any atom is -0.493 e. The Labute approximate surface area is 188 Å². The first kappa shape index (κ1) is 19.5. The van der Waals surface area contributed by atoms with Gasteiger partial charge in [0, 0.05) is 38.0 Å². The van der Waals surface area contributed by atoms with Gasteiger partial charge < -0.3 is 19.3 Å². The van der Waals surface area contributed by atoms with Gasteiger partial charge in [-0.05, 0) is 29.8 Å². The number of hydrogen-bond donors (Lipinski definition) is 1. The molecule has 164 valence electrons. The number of nitrogens with zero attached hydrogens (tertiary/aromatic N) is 2. The van der Waals surface area contributed by atoms with Gasteiger partial charge in [-0.2, -0.15) is 5.01 Å². The van der Waals surface area contributed by atoms with Gasteiger partial charge in [0.15, 0.2) is 23.0 Å². The molecule has 1 saturated heterocycles. The maximum atomic E-state index is 6.81. The van der Waals surface area contributed by atoms with E-state index in [1.165, 1.54) is 5.56 Å². The molecule has 1 N–H and O–H groups in total. The molecule has 1 aromatic heterocycles. The first-order chi connectivity index (χ1) is 15.8. The van der Waals surface area contributed by atoms with Gasteiger partial charge in [0.25, 0.3) is 0 Å². The van der Waals surface area contributed by atoms with Crippen LogP contribution in [-0.2, 0) is 6.54 Å². The quantitative estimate of drug-likeness (QED) is 0.655. The second-order valence-electron chi connectivity index (χ2n) is 8.67. The average Bonchev–Trinajstić information content (AvgIpc) is 3.52. The number of rotatable bonds is 4. The zero-order chi connectivity index (χ0) is 21.5. The van der Waals surface area contributed by atoms with Gasteiger partial charge in [-0.3, -0.25) is 4.90 Å². The molecule has 0 radical (unpaired) electrons. The van der Waals surface area contributed by atoms with Gasteiger partial charge in [0.1, 0.15) is 0 Å². The molecule has 6 rings (SSSR count). The fourth-order valence-electron chi connectivity index (χ4n) is 5.14. The molecule has 1 fully saturated rings. The van der Waals surface area contributed by atoms with Gasteiger partial charge >= 0.3 is 0 Å². The van der Waals surface area contributed by atoms with E-state index < -0.39 is 5.72 Å². The van der Waals surface area contributed by atoms with E-state index in [9.17, 15) is 0 Å². The number of furan rings is 1. The van der Waals surface area contributed by atoms with Crippen molar-refractivity contribution in [1.29, 1.82) is 0 Å². The second kappa shape index (κ2) is 7.73. The predicted molar refractivity (Wildman–Crippen MR) is 122 cm³/mol. The fraction of sp³-hybridized carbons (Fsp3) is 0.308. The summed E-state index contributed by atoms with van der Waals surface area (Å²) in [7, 11) is 1.71. The predicted octanol–water partition coefficient (Wildman–Crippen LogP) is 4.58. The standard InChI is InChI=1S/C26H27N3O3/c1-30-24-10-5-9-20-22-17-21(23-11-6-16-31-23)27-29(22)26(32-25(20)24)12-14-28(15-13-26)18-19-7-3-2-4-8-19/h2-11,16-17,22,27H,12-15,18H2,1H3. The van der Waals surface area contributed by atoms with Crippen LogP contribution in [0.5, 0.6) is 11.5 Å². The Kier molecular flexibility index (Phi) is 4.70. The maximum absolute atomic E-state index is 6.81. The number of ether oxygens (including phenoxy) is 2. The Bertz CT molecular complexity index is 1120. The van der Waals surface area contributed by atoms with Crippen molar-refractivity contribution >= 4 is 5.70 Å². The third-order valence-corrected chi connectivity index (χ3v) is 6.80. The normalized spacial score (nSPS) is 21.9. The highest BCUT2D eigenvalue weighted by molar-refractivity contribution is 5.65. The molecule has 1 atom stereocenters. The lowest BCUT2D eigenvalue weighted by atomic mass is 9.92. The van der Waals surface area contributed by atoms with Crippen LogP contribution in [-0.4, -0.2) is 35.8 Å². The fourth-order valence-corrected chi connectivity index (χ4v) is 5.14. The Morgan fingerprint density at radius 3 is 2.62 bits per heavy atom. The summed E-state index contributed by atoms with van der Waals surface area (Å²) in [5.41, 5.74) is 6.59. The summed E-state index contributed by atoms with van der Waals surface area (Å²) in [5, 5.41) is 2.28. The molecule has 0 amide bonds. The monoisotopic (exact) mass is 429 g/mol. The number of para-hydroxylation sites is 1. The first-order valence-corrected chi connectivity index (χ1v) is 11.2. The molecule has 4 heterocycles. The maximum Gasteiger partial charge on any atom is 0.183 e. The number of fused-ring (bicyclic) bond motifs is 4. The van der Waals surface area contributed by atoms with Crippen LogP contribution >= 0.6 is 0 Å². The van der Waals surface area contributed by atoms with Gasteiger partial charge in [-0.1, -0.05) is 42.5 Å². The molecular weight excluding hydrogens is 402 g/mol. The topological polar surface area (TPSA) is 50.1 Å². The number of methoxy groups -OCH3 is 1. The average molecular weight is 430 g/mol. The third-order valence-electron chi connectivity index (χ3n) is 6.80. The SMILES string of the molecule is COc1cccc2c1OC1(CCN(Cc3ccccc3)CC1)N1NC(c3ccco3)=CC21. The van der Waals surface area contributed by atoms with Gasteiger partial charge in [0.2, 0.25) is 0 Å². The summed E-state index contributed by atoms with van der Waals surface area (Å²) < 4.78 is 18.2. The highest BCUT2D eigenvalue weighted by atomic mass is 16.5. The van der Waals surface area contributed by atoms with Crippen molar-refractivity contribution in [2.24, 2.45) is 0 Å². The molecule has 3 aromatic rings. The molecule has 3 aliphatic heterocycles. The van der Waals surface area contributed by atoms with Crippen molar-refractivity contribution in [3.05, 3.63) is 89.9 Å². The Hall–Kier alpha value is -3.22. The lowest BCUT2D eigenvalue weighted by Gasteiger charge is -2.51. The van der Waals surface area contributed by atoms with Crippen molar-refractivity contribution in [1.82, 2.24) is 15.3 Å². The number of piperidine rings is 1. The van der Waals surface area contributed by atoms with Gasteiger partial charge in [0.05, 0.1) is 25.1 Å². The summed E-state index contributed by atoms with van der Waals surface area (Å²) in [4.78, 5) is 2.51. The highest BCUT2D eigenvalue weighted by Gasteiger charge is 2.52. The number of benzene rings is 2. The van der Waals surface area contributed by atoms with Crippen molar-refractivity contribution < 1.29 is 13.9 Å². The van der Waals surface area contributed by atoms with E-state index in [2.05, 4.69) is 57.8 Å². The molecule has 1 spiro atoms. The van der Waals surface area contributed by atoms with Crippen LogP contribution in [0.3, 0.4) is 0 Å². The summed E-state index contributed by atoms with van der Waals surface area (Å²) in [6.45, 7) is 2.88. The largest absolute Gasteiger partial charge is 0.493 e. The first-order valence-electron chi connectivity index (χ1n) is 11.2. The van der Waals surface area contributed by atoms with E-state index in [-0.39, 0.29) is 6.04 Å². The highest BCUT2D eigenvalue weighted by Crippen LogP contribution is 2.51. The van der Waals surface area contributed by atoms with Crippen LogP contribution in [0.1, 0.15) is 35.8 Å². The number of hydrogen-bond acceptors (Lipinski definition) is 6. The Morgan fingerprint density at radius 1 is 1.03 bits per heavy atom. The van der Waals surface area contributed by atoms with Crippen LogP contribution in [0, 0.1) is 0 Å². The Balaban J connectivity index is 1.31. The third kappa shape index (κ3) is 3.18. The zero-order valence-electron chi connectivity index (χ0n) is 18.2.